The molecule has 0 saturated heterocycles. The highest BCUT2D eigenvalue weighted by Gasteiger charge is 2.34. The summed E-state index contributed by atoms with van der Waals surface area (Å²) >= 11 is 0. The van der Waals surface area contributed by atoms with E-state index in [9.17, 15) is 43.0 Å². The van der Waals surface area contributed by atoms with Crippen LogP contribution in [0.15, 0.2) is 36.4 Å². The van der Waals surface area contributed by atoms with Crippen LogP contribution in [0.5, 0.6) is 0 Å². The number of rotatable bonds is 7. The lowest BCUT2D eigenvalue weighted by Gasteiger charge is -2.28. The second-order valence-electron chi connectivity index (χ2n) is 8.45. The number of carbonyl (C=O) groups is 2. The van der Waals surface area contributed by atoms with Crippen LogP contribution in [0.2, 0.25) is 0 Å². The summed E-state index contributed by atoms with van der Waals surface area (Å²) in [5.41, 5.74) is 0.0488. The van der Waals surface area contributed by atoms with Crippen molar-refractivity contribution in [2.24, 2.45) is 5.92 Å². The van der Waals surface area contributed by atoms with Gasteiger partial charge in [-0.2, -0.15) is 4.39 Å². The number of halogens is 3. The third-order valence-corrected chi connectivity index (χ3v) is 5.40. The minimum absolute atomic E-state index is 0.0734. The van der Waals surface area contributed by atoms with Gasteiger partial charge < -0.3 is 16.0 Å². The summed E-state index contributed by atoms with van der Waals surface area (Å²) in [5.74, 6) is -4.12. The number of amides is 2. The van der Waals surface area contributed by atoms with Crippen molar-refractivity contribution in [3.8, 4) is 0 Å². The third-order valence-electron chi connectivity index (χ3n) is 5.40. The van der Waals surface area contributed by atoms with Gasteiger partial charge in [0.2, 0.25) is 23.6 Å². The Morgan fingerprint density at radius 1 is 0.919 bits per heavy atom. The predicted octanol–water partition coefficient (Wildman–Crippen LogP) is 5.48. The lowest BCUT2D eigenvalue weighted by molar-refractivity contribution is -0.387. The Balaban J connectivity index is 0.000000294. The fourth-order valence-corrected chi connectivity index (χ4v) is 3.61. The van der Waals surface area contributed by atoms with E-state index in [4.69, 9.17) is 0 Å². The average molecular weight is 525 g/mol. The van der Waals surface area contributed by atoms with Crippen LogP contribution in [0.4, 0.5) is 41.6 Å². The van der Waals surface area contributed by atoms with E-state index < -0.39 is 27.3 Å². The normalized spacial score (nSPS) is 14.5. The van der Waals surface area contributed by atoms with Crippen LogP contribution in [-0.4, -0.2) is 34.1 Å². The highest BCUT2D eigenvalue weighted by Crippen LogP contribution is 2.36. The highest BCUT2D eigenvalue weighted by atomic mass is 19.3. The number of anilines is 3. The number of hydrogen-bond acceptors (Lipinski definition) is 7. The van der Waals surface area contributed by atoms with Crippen LogP contribution in [0.25, 0.3) is 0 Å². The number of nitrogens with zero attached hydrogens (tertiary/aromatic N) is 2. The van der Waals surface area contributed by atoms with Gasteiger partial charge in [-0.15, -0.1) is 0 Å². The molecule has 0 aliphatic heterocycles. The molecule has 0 radical (unpaired) electrons. The van der Waals surface area contributed by atoms with E-state index in [2.05, 4.69) is 16.0 Å². The molecule has 2 aromatic rings. The lowest BCUT2D eigenvalue weighted by atomic mass is 9.87. The fraction of sp³-hybridized carbons (Fsp3) is 0.391. The standard InChI is InChI=1S/C15H19F2N3O3.C8H7FN2O3/c1-10(21)19-12-2-3-13(14(8-12)20(22)23)18-9-11-4-6-15(16,17)7-5-11;1-5(12)10-6-2-3-7(9)8(4-6)11(13)14/h2-3,8,11,18H,4-7,9H2,1H3,(H,19,21);2-4H,1H3,(H,10,12). The zero-order chi connectivity index (χ0) is 27.8. The number of benzene rings is 2. The number of hydrogen-bond donors (Lipinski definition) is 3. The van der Waals surface area contributed by atoms with Crippen molar-refractivity contribution in [1.82, 2.24) is 0 Å². The Labute approximate surface area is 209 Å². The van der Waals surface area contributed by atoms with Gasteiger partial charge in [-0.05, 0) is 43.0 Å². The van der Waals surface area contributed by atoms with E-state index in [1.54, 1.807) is 6.07 Å². The SMILES string of the molecule is CC(=O)Nc1ccc(F)c([N+](=O)[O-])c1.CC(=O)Nc1ccc(NCC2CCC(F)(F)CC2)c([N+](=O)[O-])c1. The summed E-state index contributed by atoms with van der Waals surface area (Å²) in [5, 5.41) is 29.2. The molecule has 0 spiro atoms. The van der Waals surface area contributed by atoms with E-state index in [-0.39, 0.29) is 41.9 Å². The topological polar surface area (TPSA) is 157 Å². The second kappa shape index (κ2) is 12.6. The van der Waals surface area contributed by atoms with Gasteiger partial charge in [0, 0.05) is 56.7 Å². The molecule has 3 rings (SSSR count). The number of alkyl halides is 2. The molecular weight excluding hydrogens is 499 g/mol. The molecule has 14 heteroatoms. The molecule has 2 amide bonds. The Hall–Kier alpha value is -4.23. The van der Waals surface area contributed by atoms with Crippen molar-refractivity contribution in [2.45, 2.75) is 45.5 Å². The second-order valence-corrected chi connectivity index (χ2v) is 8.45. The van der Waals surface area contributed by atoms with Gasteiger partial charge >= 0.3 is 5.69 Å². The number of nitro groups is 2. The molecule has 0 aromatic heterocycles. The zero-order valence-electron chi connectivity index (χ0n) is 20.1. The largest absolute Gasteiger partial charge is 0.379 e. The third kappa shape index (κ3) is 9.39. The summed E-state index contributed by atoms with van der Waals surface area (Å²) in [6.45, 7) is 2.99. The van der Waals surface area contributed by atoms with Crippen LogP contribution in [0.1, 0.15) is 39.5 Å². The number of nitro benzene ring substituents is 2. The van der Waals surface area contributed by atoms with Gasteiger partial charge in [0.25, 0.3) is 5.69 Å². The van der Waals surface area contributed by atoms with Crippen LogP contribution in [0, 0.1) is 32.0 Å². The molecule has 2 aromatic carbocycles. The first-order valence-corrected chi connectivity index (χ1v) is 11.2. The van der Waals surface area contributed by atoms with Crippen molar-refractivity contribution in [3.63, 3.8) is 0 Å². The van der Waals surface area contributed by atoms with Gasteiger partial charge in [0.05, 0.1) is 9.85 Å². The maximum atomic E-state index is 13.1. The van der Waals surface area contributed by atoms with E-state index in [1.165, 1.54) is 32.0 Å². The molecule has 200 valence electrons. The van der Waals surface area contributed by atoms with Gasteiger partial charge in [-0.25, -0.2) is 8.78 Å². The fourth-order valence-electron chi connectivity index (χ4n) is 3.61. The van der Waals surface area contributed by atoms with Crippen molar-refractivity contribution in [3.05, 3.63) is 62.4 Å². The molecular formula is C23H26F3N5O6. The molecule has 1 fully saturated rings. The van der Waals surface area contributed by atoms with E-state index >= 15 is 0 Å². The molecule has 1 saturated carbocycles. The minimum Gasteiger partial charge on any atom is -0.379 e. The van der Waals surface area contributed by atoms with Crippen molar-refractivity contribution >= 4 is 40.3 Å². The van der Waals surface area contributed by atoms with Gasteiger partial charge in [0.15, 0.2) is 0 Å². The Bertz CT molecular complexity index is 1170. The highest BCUT2D eigenvalue weighted by molar-refractivity contribution is 5.90. The summed E-state index contributed by atoms with van der Waals surface area (Å²) in [6, 6.07) is 7.51. The molecule has 0 heterocycles. The smallest absolute Gasteiger partial charge is 0.306 e. The number of nitrogens with one attached hydrogen (secondary N) is 3. The number of carbonyl (C=O) groups excluding carboxylic acids is 2. The summed E-state index contributed by atoms with van der Waals surface area (Å²) in [7, 11) is 0. The van der Waals surface area contributed by atoms with Crippen molar-refractivity contribution in [1.29, 1.82) is 0 Å². The van der Waals surface area contributed by atoms with E-state index in [1.807, 2.05) is 0 Å². The van der Waals surface area contributed by atoms with Crippen LogP contribution in [0.3, 0.4) is 0 Å². The quantitative estimate of drug-likeness (QED) is 0.319. The van der Waals surface area contributed by atoms with Gasteiger partial charge in [0.1, 0.15) is 5.69 Å². The first kappa shape index (κ1) is 29.0. The Morgan fingerprint density at radius 3 is 1.89 bits per heavy atom. The molecule has 1 aliphatic carbocycles. The Morgan fingerprint density at radius 2 is 1.41 bits per heavy atom. The van der Waals surface area contributed by atoms with Crippen molar-refractivity contribution in [2.75, 3.05) is 22.5 Å². The molecule has 3 N–H and O–H groups in total. The first-order valence-electron chi connectivity index (χ1n) is 11.2. The predicted molar refractivity (Wildman–Crippen MR) is 130 cm³/mol. The average Bonchev–Trinajstić information content (AvgIpc) is 2.79. The maximum absolute atomic E-state index is 13.1. The van der Waals surface area contributed by atoms with Crippen LogP contribution in [-0.2, 0) is 9.59 Å². The van der Waals surface area contributed by atoms with Crippen LogP contribution < -0.4 is 16.0 Å². The molecule has 11 nitrogen and oxygen atoms in total. The molecule has 0 atom stereocenters. The van der Waals surface area contributed by atoms with E-state index in [0.717, 1.165) is 12.1 Å². The monoisotopic (exact) mass is 525 g/mol. The molecule has 37 heavy (non-hydrogen) atoms. The summed E-state index contributed by atoms with van der Waals surface area (Å²) in [4.78, 5) is 41.7. The van der Waals surface area contributed by atoms with E-state index in [0.29, 0.717) is 30.8 Å². The minimum atomic E-state index is -2.58. The molecule has 0 bridgehead atoms. The first-order chi connectivity index (χ1) is 17.3. The van der Waals surface area contributed by atoms with Gasteiger partial charge in [-0.3, -0.25) is 29.8 Å². The zero-order valence-corrected chi connectivity index (χ0v) is 20.1. The Kier molecular flexibility index (Phi) is 9.91. The maximum Gasteiger partial charge on any atom is 0.306 e. The summed E-state index contributed by atoms with van der Waals surface area (Å²) in [6.07, 6.45) is 0.529. The molecule has 1 aliphatic rings. The van der Waals surface area contributed by atoms with Crippen LogP contribution >= 0.6 is 0 Å². The summed E-state index contributed by atoms with van der Waals surface area (Å²) < 4.78 is 39.0. The molecule has 0 unspecified atom stereocenters. The lowest BCUT2D eigenvalue weighted by Crippen LogP contribution is -2.28. The van der Waals surface area contributed by atoms with Gasteiger partial charge in [-0.1, -0.05) is 0 Å². The van der Waals surface area contributed by atoms with Crippen molar-refractivity contribution < 1.29 is 32.6 Å².